The second-order valence-corrected chi connectivity index (χ2v) is 4.96. The quantitative estimate of drug-likeness (QED) is 0.660. The van der Waals surface area contributed by atoms with E-state index in [1.165, 1.54) is 42.5 Å². The van der Waals surface area contributed by atoms with Crippen LogP contribution in [0.1, 0.15) is 37.1 Å². The lowest BCUT2D eigenvalue weighted by atomic mass is 9.93. The van der Waals surface area contributed by atoms with Crippen LogP contribution in [-0.4, -0.2) is 24.2 Å². The van der Waals surface area contributed by atoms with Crippen molar-refractivity contribution in [3.63, 3.8) is 0 Å². The SMILES string of the molecule is COC(=O)c1ccc(C(=O)O)cc1.SC1c2cccc1c2. The van der Waals surface area contributed by atoms with Crippen LogP contribution in [0.2, 0.25) is 0 Å². The number of carboxylic acid groups (broad SMARTS) is 1. The van der Waals surface area contributed by atoms with Gasteiger partial charge in [-0.15, -0.1) is 0 Å². The van der Waals surface area contributed by atoms with Gasteiger partial charge in [-0.05, 0) is 35.4 Å². The van der Waals surface area contributed by atoms with Gasteiger partial charge in [0.2, 0.25) is 0 Å². The van der Waals surface area contributed by atoms with Gasteiger partial charge in [0.05, 0.1) is 23.5 Å². The van der Waals surface area contributed by atoms with Crippen LogP contribution in [-0.2, 0) is 4.74 Å². The standard InChI is InChI=1S/C9H8O4.C7H6S/c1-13-9(12)7-4-2-6(3-5-7)8(10)11;8-7-5-2-1-3-6(7)4-5/h2-5H,1H3,(H,10,11);1-4,7-8H. The minimum Gasteiger partial charge on any atom is -0.478 e. The highest BCUT2D eigenvalue weighted by Gasteiger charge is 2.17. The van der Waals surface area contributed by atoms with Crippen molar-refractivity contribution in [2.24, 2.45) is 0 Å². The molecule has 2 bridgehead atoms. The molecule has 21 heavy (non-hydrogen) atoms. The zero-order valence-corrected chi connectivity index (χ0v) is 12.2. The highest BCUT2D eigenvalue weighted by Crippen LogP contribution is 2.37. The van der Waals surface area contributed by atoms with Crippen molar-refractivity contribution in [1.29, 1.82) is 0 Å². The molecule has 0 saturated carbocycles. The number of thiol groups is 1. The second-order valence-electron chi connectivity index (χ2n) is 4.45. The van der Waals surface area contributed by atoms with Crippen LogP contribution in [0.5, 0.6) is 0 Å². The summed E-state index contributed by atoms with van der Waals surface area (Å²) in [4.78, 5) is 21.4. The normalized spacial score (nSPS) is 11.7. The largest absolute Gasteiger partial charge is 0.478 e. The Morgan fingerprint density at radius 2 is 1.57 bits per heavy atom. The third-order valence-electron chi connectivity index (χ3n) is 3.10. The summed E-state index contributed by atoms with van der Waals surface area (Å²) in [6, 6.07) is 14.0. The summed E-state index contributed by atoms with van der Waals surface area (Å²) in [7, 11) is 1.27. The maximum Gasteiger partial charge on any atom is 0.337 e. The Balaban J connectivity index is 0.000000170. The highest BCUT2D eigenvalue weighted by molar-refractivity contribution is 7.80. The first-order valence-electron chi connectivity index (χ1n) is 6.22. The van der Waals surface area contributed by atoms with Gasteiger partial charge in [-0.25, -0.2) is 9.59 Å². The molecular weight excluding hydrogens is 288 g/mol. The lowest BCUT2D eigenvalue weighted by molar-refractivity contribution is 0.0598. The molecule has 108 valence electrons. The molecule has 4 nitrogen and oxygen atoms in total. The Kier molecular flexibility index (Phi) is 4.65. The van der Waals surface area contributed by atoms with Crippen molar-refractivity contribution in [3.05, 3.63) is 70.8 Å². The molecule has 0 unspecified atom stereocenters. The van der Waals surface area contributed by atoms with E-state index in [1.807, 2.05) is 0 Å². The van der Waals surface area contributed by atoms with Crippen LogP contribution >= 0.6 is 12.6 Å². The molecule has 0 aromatic heterocycles. The lowest BCUT2D eigenvalue weighted by Gasteiger charge is -2.21. The van der Waals surface area contributed by atoms with Gasteiger partial charge in [0.15, 0.2) is 0 Å². The first-order valence-corrected chi connectivity index (χ1v) is 6.74. The predicted molar refractivity (Wildman–Crippen MR) is 82.0 cm³/mol. The third kappa shape index (κ3) is 3.44. The van der Waals surface area contributed by atoms with E-state index < -0.39 is 11.9 Å². The number of hydrogen-bond donors (Lipinski definition) is 2. The van der Waals surface area contributed by atoms with E-state index in [4.69, 9.17) is 5.11 Å². The number of benzene rings is 2. The fraction of sp³-hybridized carbons (Fsp3) is 0.125. The number of carboxylic acids is 1. The summed E-state index contributed by atoms with van der Waals surface area (Å²) in [6.07, 6.45) is 0. The molecule has 2 aliphatic rings. The minimum absolute atomic E-state index is 0.146. The lowest BCUT2D eigenvalue weighted by Crippen LogP contribution is -2.03. The molecule has 1 N–H and O–H groups in total. The average Bonchev–Trinajstić information content (AvgIpc) is 2.54. The molecule has 0 fully saturated rings. The molecule has 0 saturated heterocycles. The van der Waals surface area contributed by atoms with Gasteiger partial charge in [-0.2, -0.15) is 12.6 Å². The number of aromatic carboxylic acids is 1. The fourth-order valence-corrected chi connectivity index (χ4v) is 2.18. The zero-order chi connectivity index (χ0) is 15.4. The fourth-order valence-electron chi connectivity index (χ4n) is 1.86. The first-order chi connectivity index (χ1) is 10.0. The molecule has 0 heterocycles. The number of carbonyl (C=O) groups is 2. The van der Waals surface area contributed by atoms with Gasteiger partial charge >= 0.3 is 11.9 Å². The summed E-state index contributed by atoms with van der Waals surface area (Å²) in [5.41, 5.74) is 3.19. The van der Waals surface area contributed by atoms with Gasteiger partial charge < -0.3 is 9.84 Å². The number of hydrogen-bond acceptors (Lipinski definition) is 4. The molecule has 0 amide bonds. The van der Waals surface area contributed by atoms with E-state index in [0.717, 1.165) is 0 Å². The topological polar surface area (TPSA) is 63.6 Å². The Morgan fingerprint density at radius 1 is 1.05 bits per heavy atom. The van der Waals surface area contributed by atoms with Gasteiger partial charge in [0, 0.05) is 0 Å². The second kappa shape index (κ2) is 6.45. The summed E-state index contributed by atoms with van der Waals surface area (Å²) >= 11 is 4.32. The number of esters is 1. The summed E-state index contributed by atoms with van der Waals surface area (Å²) in [5.74, 6) is -1.49. The average molecular weight is 302 g/mol. The van der Waals surface area contributed by atoms with Crippen molar-refractivity contribution in [2.45, 2.75) is 5.25 Å². The Bertz CT molecular complexity index is 637. The van der Waals surface area contributed by atoms with Crippen molar-refractivity contribution in [3.8, 4) is 0 Å². The van der Waals surface area contributed by atoms with Gasteiger partial charge in [-0.1, -0.05) is 24.3 Å². The molecule has 2 aromatic rings. The van der Waals surface area contributed by atoms with Crippen LogP contribution in [0.4, 0.5) is 0 Å². The van der Waals surface area contributed by atoms with E-state index in [0.29, 0.717) is 10.8 Å². The summed E-state index contributed by atoms with van der Waals surface area (Å²) < 4.78 is 4.45. The predicted octanol–water partition coefficient (Wildman–Crippen LogP) is 3.19. The molecule has 0 aliphatic heterocycles. The van der Waals surface area contributed by atoms with Crippen molar-refractivity contribution in [2.75, 3.05) is 7.11 Å². The highest BCUT2D eigenvalue weighted by atomic mass is 32.1. The molecule has 0 radical (unpaired) electrons. The van der Waals surface area contributed by atoms with Gasteiger partial charge in [0.1, 0.15) is 0 Å². The minimum atomic E-state index is -1.02. The summed E-state index contributed by atoms with van der Waals surface area (Å²) in [6.45, 7) is 0. The first kappa shape index (κ1) is 15.1. The Labute approximate surface area is 127 Å². The van der Waals surface area contributed by atoms with Crippen LogP contribution in [0.15, 0.2) is 48.5 Å². The number of fused-ring (bicyclic) bond motifs is 2. The van der Waals surface area contributed by atoms with Crippen LogP contribution in [0.25, 0.3) is 0 Å². The smallest absolute Gasteiger partial charge is 0.337 e. The van der Waals surface area contributed by atoms with E-state index in [9.17, 15) is 9.59 Å². The molecular formula is C16H14O4S. The number of rotatable bonds is 2. The maximum atomic E-state index is 10.9. The molecule has 0 spiro atoms. The Morgan fingerprint density at radius 3 is 1.90 bits per heavy atom. The van der Waals surface area contributed by atoms with E-state index >= 15 is 0 Å². The van der Waals surface area contributed by atoms with E-state index in [2.05, 4.69) is 41.6 Å². The van der Waals surface area contributed by atoms with Crippen LogP contribution in [0, 0.1) is 0 Å². The number of methoxy groups -OCH3 is 1. The van der Waals surface area contributed by atoms with Crippen LogP contribution < -0.4 is 0 Å². The van der Waals surface area contributed by atoms with E-state index in [1.54, 1.807) is 0 Å². The Hall–Kier alpha value is -2.27. The monoisotopic (exact) mass is 302 g/mol. The molecule has 5 heteroatoms. The zero-order valence-electron chi connectivity index (χ0n) is 11.3. The van der Waals surface area contributed by atoms with E-state index in [-0.39, 0.29) is 5.56 Å². The third-order valence-corrected chi connectivity index (χ3v) is 3.69. The molecule has 4 rings (SSSR count). The number of carbonyl (C=O) groups excluding carboxylic acids is 1. The van der Waals surface area contributed by atoms with Crippen LogP contribution in [0.3, 0.4) is 0 Å². The van der Waals surface area contributed by atoms with Crippen molar-refractivity contribution < 1.29 is 19.4 Å². The molecule has 2 aromatic carbocycles. The van der Waals surface area contributed by atoms with Crippen molar-refractivity contribution >= 4 is 24.6 Å². The van der Waals surface area contributed by atoms with Gasteiger partial charge in [0.25, 0.3) is 0 Å². The molecule has 0 atom stereocenters. The van der Waals surface area contributed by atoms with Gasteiger partial charge in [-0.3, -0.25) is 0 Å². The number of ether oxygens (including phenoxy) is 1. The maximum absolute atomic E-state index is 10.9. The van der Waals surface area contributed by atoms with Crippen molar-refractivity contribution in [1.82, 2.24) is 0 Å². The summed E-state index contributed by atoms with van der Waals surface area (Å²) in [5, 5.41) is 8.99. The molecule has 2 aliphatic carbocycles.